The molecule has 3 heteroatoms. The van der Waals surface area contributed by atoms with Crippen LogP contribution in [-0.4, -0.2) is 6.04 Å². The summed E-state index contributed by atoms with van der Waals surface area (Å²) in [5, 5.41) is 5.04. The lowest BCUT2D eigenvalue weighted by atomic mass is 9.81. The Balaban J connectivity index is 2.00. The van der Waals surface area contributed by atoms with Gasteiger partial charge in [0.1, 0.15) is 0 Å². The number of hydrogen-bond donors (Lipinski definition) is 1. The highest BCUT2D eigenvalue weighted by Crippen LogP contribution is 2.31. The third-order valence-corrected chi connectivity index (χ3v) is 3.85. The van der Waals surface area contributed by atoms with Crippen LogP contribution in [0.25, 0.3) is 0 Å². The number of nitrogens with one attached hydrogen (secondary N) is 1. The van der Waals surface area contributed by atoms with Crippen molar-refractivity contribution in [1.29, 1.82) is 0 Å². The molecule has 88 valence electrons. The molecule has 1 aliphatic rings. The second-order valence-corrected chi connectivity index (χ2v) is 5.67. The van der Waals surface area contributed by atoms with Crippen molar-refractivity contribution in [2.24, 2.45) is 5.92 Å². The van der Waals surface area contributed by atoms with Gasteiger partial charge < -0.3 is 5.32 Å². The topological polar surface area (TPSA) is 12.0 Å². The van der Waals surface area contributed by atoms with Crippen LogP contribution < -0.4 is 5.32 Å². The molecular formula is C13H17Cl2N. The van der Waals surface area contributed by atoms with Gasteiger partial charge in [-0.1, -0.05) is 36.2 Å². The van der Waals surface area contributed by atoms with Crippen LogP contribution in [0, 0.1) is 5.92 Å². The number of halogens is 2. The van der Waals surface area contributed by atoms with E-state index in [4.69, 9.17) is 23.2 Å². The van der Waals surface area contributed by atoms with E-state index < -0.39 is 0 Å². The average Bonchev–Trinajstić information content (AvgIpc) is 2.15. The van der Waals surface area contributed by atoms with Crippen LogP contribution in [0.3, 0.4) is 0 Å². The number of hydrogen-bond acceptors (Lipinski definition) is 1. The molecule has 1 aliphatic carbocycles. The Kier molecular flexibility index (Phi) is 3.78. The second kappa shape index (κ2) is 4.95. The van der Waals surface area contributed by atoms with Gasteiger partial charge in [-0.25, -0.2) is 0 Å². The van der Waals surface area contributed by atoms with Gasteiger partial charge in [-0.05, 0) is 43.4 Å². The molecule has 0 radical (unpaired) electrons. The van der Waals surface area contributed by atoms with E-state index in [-0.39, 0.29) is 0 Å². The summed E-state index contributed by atoms with van der Waals surface area (Å²) < 4.78 is 0. The van der Waals surface area contributed by atoms with Crippen molar-refractivity contribution < 1.29 is 0 Å². The summed E-state index contributed by atoms with van der Waals surface area (Å²) in [6.07, 6.45) is 2.55. The van der Waals surface area contributed by atoms with E-state index in [1.165, 1.54) is 12.8 Å². The first-order chi connectivity index (χ1) is 7.56. The Morgan fingerprint density at radius 3 is 2.56 bits per heavy atom. The molecule has 1 aromatic rings. The maximum atomic E-state index is 6.17. The molecule has 0 bridgehead atoms. The molecule has 1 atom stereocenters. The highest BCUT2D eigenvalue weighted by atomic mass is 35.5. The largest absolute Gasteiger partial charge is 0.307 e. The molecule has 0 heterocycles. The standard InChI is InChI=1S/C13H17Cl2N/c1-8-5-11(6-8)16-9(2)12-4-3-10(14)7-13(12)15/h3-4,7-9,11,16H,5-6H2,1-2H3. The Morgan fingerprint density at radius 2 is 2.00 bits per heavy atom. The van der Waals surface area contributed by atoms with E-state index >= 15 is 0 Å². The van der Waals surface area contributed by atoms with Gasteiger partial charge in [-0.3, -0.25) is 0 Å². The maximum Gasteiger partial charge on any atom is 0.0468 e. The van der Waals surface area contributed by atoms with Crippen molar-refractivity contribution in [3.05, 3.63) is 33.8 Å². The molecule has 1 saturated carbocycles. The molecule has 0 amide bonds. The van der Waals surface area contributed by atoms with E-state index in [0.29, 0.717) is 17.1 Å². The molecule has 1 nitrogen and oxygen atoms in total. The zero-order chi connectivity index (χ0) is 11.7. The van der Waals surface area contributed by atoms with Crippen LogP contribution >= 0.6 is 23.2 Å². The van der Waals surface area contributed by atoms with Gasteiger partial charge >= 0.3 is 0 Å². The summed E-state index contributed by atoms with van der Waals surface area (Å²) in [6.45, 7) is 4.44. The molecular weight excluding hydrogens is 241 g/mol. The highest BCUT2D eigenvalue weighted by Gasteiger charge is 2.26. The summed E-state index contributed by atoms with van der Waals surface area (Å²) in [5.74, 6) is 0.866. The molecule has 0 saturated heterocycles. The van der Waals surface area contributed by atoms with Crippen molar-refractivity contribution in [3.63, 3.8) is 0 Å². The SMILES string of the molecule is CC1CC(NC(C)c2ccc(Cl)cc2Cl)C1. The lowest BCUT2D eigenvalue weighted by molar-refractivity contribution is 0.226. The van der Waals surface area contributed by atoms with Crippen molar-refractivity contribution in [1.82, 2.24) is 5.32 Å². The van der Waals surface area contributed by atoms with Crippen LogP contribution in [0.4, 0.5) is 0 Å². The van der Waals surface area contributed by atoms with Crippen molar-refractivity contribution in [2.75, 3.05) is 0 Å². The van der Waals surface area contributed by atoms with Crippen molar-refractivity contribution in [2.45, 2.75) is 38.8 Å². The number of benzene rings is 1. The summed E-state index contributed by atoms with van der Waals surface area (Å²) in [5.41, 5.74) is 1.13. The third-order valence-electron chi connectivity index (χ3n) is 3.29. The Hall–Kier alpha value is -0.240. The van der Waals surface area contributed by atoms with Gasteiger partial charge in [-0.15, -0.1) is 0 Å². The molecule has 1 N–H and O–H groups in total. The summed E-state index contributed by atoms with van der Waals surface area (Å²) in [6, 6.07) is 6.65. The van der Waals surface area contributed by atoms with Gasteiger partial charge in [-0.2, -0.15) is 0 Å². The fourth-order valence-electron chi connectivity index (χ4n) is 2.33. The Morgan fingerprint density at radius 1 is 1.31 bits per heavy atom. The fraction of sp³-hybridized carbons (Fsp3) is 0.538. The molecule has 1 fully saturated rings. The highest BCUT2D eigenvalue weighted by molar-refractivity contribution is 6.35. The maximum absolute atomic E-state index is 6.17. The molecule has 0 aliphatic heterocycles. The molecule has 2 rings (SSSR count). The number of rotatable bonds is 3. The minimum Gasteiger partial charge on any atom is -0.307 e. The van der Waals surface area contributed by atoms with Gasteiger partial charge in [0.2, 0.25) is 0 Å². The van der Waals surface area contributed by atoms with E-state index in [0.717, 1.165) is 16.5 Å². The van der Waals surface area contributed by atoms with Crippen molar-refractivity contribution in [3.8, 4) is 0 Å². The monoisotopic (exact) mass is 257 g/mol. The third kappa shape index (κ3) is 2.71. The van der Waals surface area contributed by atoms with Crippen LogP contribution in [0.5, 0.6) is 0 Å². The van der Waals surface area contributed by atoms with Crippen LogP contribution in [0.1, 0.15) is 38.3 Å². The summed E-state index contributed by atoms with van der Waals surface area (Å²) in [7, 11) is 0. The summed E-state index contributed by atoms with van der Waals surface area (Å²) >= 11 is 12.1. The van der Waals surface area contributed by atoms with E-state index in [9.17, 15) is 0 Å². The first-order valence-corrected chi connectivity index (χ1v) is 6.53. The Labute approximate surface area is 107 Å². The van der Waals surface area contributed by atoms with Crippen LogP contribution in [0.15, 0.2) is 18.2 Å². The van der Waals surface area contributed by atoms with E-state index in [2.05, 4.69) is 19.2 Å². The predicted molar refractivity (Wildman–Crippen MR) is 70.2 cm³/mol. The van der Waals surface area contributed by atoms with Crippen LogP contribution in [-0.2, 0) is 0 Å². The quantitative estimate of drug-likeness (QED) is 0.844. The lowest BCUT2D eigenvalue weighted by Crippen LogP contribution is -2.41. The van der Waals surface area contributed by atoms with Crippen LogP contribution in [0.2, 0.25) is 10.0 Å². The van der Waals surface area contributed by atoms with Gasteiger partial charge in [0.05, 0.1) is 0 Å². The fourth-order valence-corrected chi connectivity index (χ4v) is 2.91. The first-order valence-electron chi connectivity index (χ1n) is 5.77. The first kappa shape index (κ1) is 12.2. The van der Waals surface area contributed by atoms with E-state index in [1.54, 1.807) is 6.07 Å². The normalized spacial score (nSPS) is 26.2. The molecule has 1 aromatic carbocycles. The minimum atomic E-state index is 0.294. The average molecular weight is 258 g/mol. The summed E-state index contributed by atoms with van der Waals surface area (Å²) in [4.78, 5) is 0. The second-order valence-electron chi connectivity index (χ2n) is 4.83. The molecule has 16 heavy (non-hydrogen) atoms. The van der Waals surface area contributed by atoms with E-state index in [1.807, 2.05) is 12.1 Å². The zero-order valence-corrected chi connectivity index (χ0v) is 11.1. The minimum absolute atomic E-state index is 0.294. The predicted octanol–water partition coefficient (Wildman–Crippen LogP) is 4.44. The van der Waals surface area contributed by atoms with Gasteiger partial charge in [0, 0.05) is 22.1 Å². The smallest absolute Gasteiger partial charge is 0.0468 e. The Bertz CT molecular complexity index is 372. The lowest BCUT2D eigenvalue weighted by Gasteiger charge is -2.36. The molecule has 1 unspecified atom stereocenters. The van der Waals surface area contributed by atoms with Gasteiger partial charge in [0.25, 0.3) is 0 Å². The molecule has 0 spiro atoms. The van der Waals surface area contributed by atoms with Crippen molar-refractivity contribution >= 4 is 23.2 Å². The van der Waals surface area contributed by atoms with Gasteiger partial charge in [0.15, 0.2) is 0 Å². The zero-order valence-electron chi connectivity index (χ0n) is 9.63. The molecule has 0 aromatic heterocycles.